The van der Waals surface area contributed by atoms with E-state index >= 15 is 0 Å². The predicted molar refractivity (Wildman–Crippen MR) is 54.8 cm³/mol. The molecule has 4 nitrogen and oxygen atoms in total. The maximum atomic E-state index is 9.50. The molecule has 0 aliphatic carbocycles. The Morgan fingerprint density at radius 2 is 2.29 bits per heavy atom. The fourth-order valence-electron chi connectivity index (χ4n) is 1.20. The molecule has 0 bridgehead atoms. The minimum Gasteiger partial charge on any atom is -0.393 e. The molecule has 0 aromatic carbocycles. The van der Waals surface area contributed by atoms with Crippen molar-refractivity contribution in [2.45, 2.75) is 19.1 Å². The zero-order chi connectivity index (χ0) is 10.6. The number of rotatable bonds is 5. The van der Waals surface area contributed by atoms with E-state index in [-0.39, 0.29) is 6.61 Å². The molecule has 80 valence electrons. The third kappa shape index (κ3) is 3.14. The third-order valence-corrected chi connectivity index (χ3v) is 2.20. The summed E-state index contributed by atoms with van der Waals surface area (Å²) in [5.41, 5.74) is 0.115. The maximum absolute atomic E-state index is 9.50. The van der Waals surface area contributed by atoms with Gasteiger partial charge in [-0.3, -0.25) is 0 Å². The van der Waals surface area contributed by atoms with Crippen molar-refractivity contribution in [1.82, 2.24) is 9.88 Å². The lowest BCUT2D eigenvalue weighted by Gasteiger charge is -2.20. The van der Waals surface area contributed by atoms with Crippen molar-refractivity contribution in [2.24, 2.45) is 7.05 Å². The van der Waals surface area contributed by atoms with Crippen LogP contribution in [-0.4, -0.2) is 33.5 Å². The molecule has 1 heterocycles. The van der Waals surface area contributed by atoms with E-state index in [9.17, 15) is 5.11 Å². The monoisotopic (exact) mass is 198 g/mol. The molecular weight excluding hydrogens is 180 g/mol. The average molecular weight is 198 g/mol. The summed E-state index contributed by atoms with van der Waals surface area (Å²) in [6.45, 7) is 2.45. The first-order valence-electron chi connectivity index (χ1n) is 4.69. The lowest BCUT2D eigenvalue weighted by Crippen LogP contribution is -2.40. The number of aliphatic hydroxyl groups excluding tert-OH is 1. The van der Waals surface area contributed by atoms with Crippen LogP contribution in [0.25, 0.3) is 0 Å². The van der Waals surface area contributed by atoms with E-state index in [1.807, 2.05) is 29.9 Å². The van der Waals surface area contributed by atoms with Crippen molar-refractivity contribution in [2.75, 3.05) is 13.2 Å². The number of aromatic nitrogens is 1. The van der Waals surface area contributed by atoms with Crippen LogP contribution in [0.3, 0.4) is 0 Å². The normalized spacial score (nSPS) is 15.4. The average Bonchev–Trinajstić information content (AvgIpc) is 2.52. The van der Waals surface area contributed by atoms with Crippen LogP contribution in [0.5, 0.6) is 0 Å². The Morgan fingerprint density at radius 3 is 2.79 bits per heavy atom. The number of aliphatic hydroxyl groups is 2. The smallest absolute Gasteiger partial charge is 0.0972 e. The fourth-order valence-corrected chi connectivity index (χ4v) is 1.20. The van der Waals surface area contributed by atoms with Crippen LogP contribution in [0.15, 0.2) is 18.3 Å². The zero-order valence-electron chi connectivity index (χ0n) is 8.70. The van der Waals surface area contributed by atoms with E-state index in [2.05, 4.69) is 5.32 Å². The summed E-state index contributed by atoms with van der Waals surface area (Å²) >= 11 is 0. The van der Waals surface area contributed by atoms with Gasteiger partial charge in [-0.1, -0.05) is 0 Å². The molecule has 4 heteroatoms. The molecule has 14 heavy (non-hydrogen) atoms. The summed E-state index contributed by atoms with van der Waals surface area (Å²) < 4.78 is 2.01. The molecule has 0 aliphatic rings. The highest BCUT2D eigenvalue weighted by Gasteiger charge is 2.17. The van der Waals surface area contributed by atoms with Crippen LogP contribution in [0, 0.1) is 0 Å². The molecule has 1 rings (SSSR count). The highest BCUT2D eigenvalue weighted by atomic mass is 16.3. The fraction of sp³-hybridized carbons (Fsp3) is 0.600. The minimum absolute atomic E-state index is 0.229. The number of hydrogen-bond donors (Lipinski definition) is 3. The SMILES string of the molecule is Cn1cccc1CNCC(C)(O)CO. The largest absolute Gasteiger partial charge is 0.393 e. The predicted octanol–water partition coefficient (Wildman–Crippen LogP) is -0.142. The van der Waals surface area contributed by atoms with E-state index in [1.165, 1.54) is 0 Å². The Bertz CT molecular complexity index is 281. The molecular formula is C10H18N2O2. The van der Waals surface area contributed by atoms with Crippen LogP contribution in [0.2, 0.25) is 0 Å². The molecule has 0 saturated carbocycles. The van der Waals surface area contributed by atoms with E-state index in [4.69, 9.17) is 5.11 Å². The Balaban J connectivity index is 2.32. The van der Waals surface area contributed by atoms with Crippen molar-refractivity contribution in [3.63, 3.8) is 0 Å². The van der Waals surface area contributed by atoms with Crippen molar-refractivity contribution >= 4 is 0 Å². The highest BCUT2D eigenvalue weighted by Crippen LogP contribution is 2.01. The Morgan fingerprint density at radius 1 is 1.57 bits per heavy atom. The minimum atomic E-state index is -1.04. The van der Waals surface area contributed by atoms with Gasteiger partial charge in [-0.15, -0.1) is 0 Å². The second-order valence-corrected chi connectivity index (χ2v) is 3.87. The summed E-state index contributed by atoms with van der Waals surface area (Å²) in [6.07, 6.45) is 1.97. The van der Waals surface area contributed by atoms with E-state index in [0.717, 1.165) is 5.69 Å². The van der Waals surface area contributed by atoms with Crippen LogP contribution in [0.4, 0.5) is 0 Å². The number of nitrogens with one attached hydrogen (secondary N) is 1. The van der Waals surface area contributed by atoms with Crippen LogP contribution < -0.4 is 5.32 Å². The molecule has 0 radical (unpaired) electrons. The van der Waals surface area contributed by atoms with Crippen LogP contribution in [-0.2, 0) is 13.6 Å². The standard InChI is InChI=1S/C10H18N2O2/c1-10(14,8-13)7-11-6-9-4-3-5-12(9)2/h3-5,11,13-14H,6-8H2,1-2H3. The second kappa shape index (κ2) is 4.59. The van der Waals surface area contributed by atoms with Crippen LogP contribution in [0.1, 0.15) is 12.6 Å². The number of aryl methyl sites for hydroxylation is 1. The van der Waals surface area contributed by atoms with Crippen molar-refractivity contribution in [3.05, 3.63) is 24.0 Å². The van der Waals surface area contributed by atoms with Gasteiger partial charge in [0.2, 0.25) is 0 Å². The van der Waals surface area contributed by atoms with Gasteiger partial charge in [-0.25, -0.2) is 0 Å². The number of hydrogen-bond acceptors (Lipinski definition) is 3. The van der Waals surface area contributed by atoms with E-state index < -0.39 is 5.60 Å². The molecule has 1 aromatic rings. The van der Waals surface area contributed by atoms with Gasteiger partial charge < -0.3 is 20.1 Å². The van der Waals surface area contributed by atoms with Crippen molar-refractivity contribution < 1.29 is 10.2 Å². The van der Waals surface area contributed by atoms with Gasteiger partial charge in [0.25, 0.3) is 0 Å². The Labute approximate surface area is 84.2 Å². The summed E-state index contributed by atoms with van der Waals surface area (Å²) in [4.78, 5) is 0. The van der Waals surface area contributed by atoms with Gasteiger partial charge in [-0.05, 0) is 19.1 Å². The van der Waals surface area contributed by atoms with Gasteiger partial charge in [0, 0.05) is 32.0 Å². The quantitative estimate of drug-likeness (QED) is 0.617. The van der Waals surface area contributed by atoms with E-state index in [1.54, 1.807) is 6.92 Å². The summed E-state index contributed by atoms with van der Waals surface area (Å²) in [5, 5.41) is 21.4. The molecule has 0 aliphatic heterocycles. The molecule has 1 atom stereocenters. The van der Waals surface area contributed by atoms with Gasteiger partial charge in [0.05, 0.1) is 12.2 Å². The number of nitrogens with zero attached hydrogens (tertiary/aromatic N) is 1. The molecule has 1 aromatic heterocycles. The highest BCUT2D eigenvalue weighted by molar-refractivity contribution is 5.06. The summed E-state index contributed by atoms with van der Waals surface area (Å²) in [5.74, 6) is 0. The lowest BCUT2D eigenvalue weighted by atomic mass is 10.1. The van der Waals surface area contributed by atoms with Crippen molar-refractivity contribution in [3.8, 4) is 0 Å². The third-order valence-electron chi connectivity index (χ3n) is 2.20. The first kappa shape index (κ1) is 11.2. The first-order valence-corrected chi connectivity index (χ1v) is 4.69. The summed E-state index contributed by atoms with van der Waals surface area (Å²) in [7, 11) is 1.97. The second-order valence-electron chi connectivity index (χ2n) is 3.87. The first-order chi connectivity index (χ1) is 6.55. The lowest BCUT2D eigenvalue weighted by molar-refractivity contribution is 0.00245. The molecule has 0 amide bonds. The molecule has 0 fully saturated rings. The van der Waals surface area contributed by atoms with E-state index in [0.29, 0.717) is 13.1 Å². The summed E-state index contributed by atoms with van der Waals surface area (Å²) in [6, 6.07) is 3.99. The Kier molecular flexibility index (Phi) is 3.69. The zero-order valence-corrected chi connectivity index (χ0v) is 8.70. The maximum Gasteiger partial charge on any atom is 0.0972 e. The van der Waals surface area contributed by atoms with Gasteiger partial charge in [-0.2, -0.15) is 0 Å². The topological polar surface area (TPSA) is 57.4 Å². The Hall–Kier alpha value is -0.840. The molecule has 3 N–H and O–H groups in total. The van der Waals surface area contributed by atoms with Gasteiger partial charge in [0.15, 0.2) is 0 Å². The molecule has 0 saturated heterocycles. The molecule has 0 spiro atoms. The molecule has 1 unspecified atom stereocenters. The van der Waals surface area contributed by atoms with Gasteiger partial charge >= 0.3 is 0 Å². The van der Waals surface area contributed by atoms with Crippen LogP contribution >= 0.6 is 0 Å². The van der Waals surface area contributed by atoms with Crippen molar-refractivity contribution in [1.29, 1.82) is 0 Å². The van der Waals surface area contributed by atoms with Gasteiger partial charge in [0.1, 0.15) is 0 Å².